The average Bonchev–Trinajstić information content (AvgIpc) is 2.77. The molecule has 2 saturated heterocycles. The Morgan fingerprint density at radius 2 is 2.31 bits per heavy atom. The first-order chi connectivity index (χ1) is 7.11. The Kier molecular flexibility index (Phi) is 4.59. The van der Waals surface area contributed by atoms with Crippen molar-refractivity contribution in [2.75, 3.05) is 32.9 Å². The Balaban J connectivity index is 0.00000128. The number of hydrogen-bond acceptors (Lipinski definition) is 5. The highest BCUT2D eigenvalue weighted by Gasteiger charge is 2.52. The summed E-state index contributed by atoms with van der Waals surface area (Å²) in [6, 6.07) is 0. The van der Waals surface area contributed by atoms with Gasteiger partial charge < -0.3 is 10.1 Å². The smallest absolute Gasteiger partial charge is 0.272 e. The fraction of sp³-hybridized carbons (Fsp3) is 1.00. The molecule has 1 N–H and O–H groups in total. The third-order valence-electron chi connectivity index (χ3n) is 3.25. The van der Waals surface area contributed by atoms with E-state index in [0.717, 1.165) is 6.42 Å². The zero-order chi connectivity index (χ0) is 10.9. The van der Waals surface area contributed by atoms with Crippen LogP contribution in [0.4, 0.5) is 0 Å². The molecule has 2 aliphatic heterocycles. The highest BCUT2D eigenvalue weighted by Crippen LogP contribution is 2.39. The SMILES string of the molecule is CCOS(=O)(=O)C1CNCC12CCOC2.Cl. The third kappa shape index (κ3) is 2.36. The summed E-state index contributed by atoms with van der Waals surface area (Å²) in [7, 11) is -3.44. The summed E-state index contributed by atoms with van der Waals surface area (Å²) in [6.45, 7) is 4.26. The van der Waals surface area contributed by atoms with Crippen LogP contribution in [0.1, 0.15) is 13.3 Å². The van der Waals surface area contributed by atoms with Crippen LogP contribution in [0.3, 0.4) is 0 Å². The lowest BCUT2D eigenvalue weighted by Crippen LogP contribution is -2.41. The van der Waals surface area contributed by atoms with E-state index >= 15 is 0 Å². The van der Waals surface area contributed by atoms with Crippen LogP contribution in [0.2, 0.25) is 0 Å². The maximum absolute atomic E-state index is 11.9. The van der Waals surface area contributed by atoms with E-state index in [0.29, 0.717) is 26.3 Å². The topological polar surface area (TPSA) is 64.6 Å². The molecule has 0 aliphatic carbocycles. The molecular weight excluding hydrogens is 254 g/mol. The minimum atomic E-state index is -3.44. The number of halogens is 1. The standard InChI is InChI=1S/C9H17NO4S.ClH/c1-2-14-15(11,12)8-5-10-6-9(8)3-4-13-7-9;/h8,10H,2-7H2,1H3;1H. The van der Waals surface area contributed by atoms with Crippen LogP contribution in [-0.4, -0.2) is 46.6 Å². The van der Waals surface area contributed by atoms with Crippen LogP contribution in [0.5, 0.6) is 0 Å². The maximum atomic E-state index is 11.9. The van der Waals surface area contributed by atoms with Gasteiger partial charge in [-0.15, -0.1) is 12.4 Å². The summed E-state index contributed by atoms with van der Waals surface area (Å²) in [5, 5.41) is 2.68. The molecule has 0 bridgehead atoms. The lowest BCUT2D eigenvalue weighted by molar-refractivity contribution is 0.158. The molecule has 0 radical (unpaired) electrons. The van der Waals surface area contributed by atoms with Crippen LogP contribution in [0, 0.1) is 5.41 Å². The van der Waals surface area contributed by atoms with Crippen molar-refractivity contribution in [1.29, 1.82) is 0 Å². The molecule has 16 heavy (non-hydrogen) atoms. The highest BCUT2D eigenvalue weighted by atomic mass is 35.5. The molecule has 0 aromatic heterocycles. The molecule has 5 nitrogen and oxygen atoms in total. The molecule has 96 valence electrons. The van der Waals surface area contributed by atoms with Gasteiger partial charge in [-0.05, 0) is 13.3 Å². The van der Waals surface area contributed by atoms with Gasteiger partial charge >= 0.3 is 0 Å². The van der Waals surface area contributed by atoms with E-state index in [9.17, 15) is 8.42 Å². The normalized spacial score (nSPS) is 34.2. The number of hydrogen-bond donors (Lipinski definition) is 1. The summed E-state index contributed by atoms with van der Waals surface area (Å²) >= 11 is 0. The van der Waals surface area contributed by atoms with Gasteiger partial charge in [-0.25, -0.2) is 0 Å². The number of nitrogens with one attached hydrogen (secondary N) is 1. The Bertz CT molecular complexity index is 321. The summed E-state index contributed by atoms with van der Waals surface area (Å²) in [5.41, 5.74) is -0.256. The Morgan fingerprint density at radius 3 is 2.88 bits per heavy atom. The predicted octanol–water partition coefficient (Wildman–Crippen LogP) is 0.153. The molecule has 2 rings (SSSR count). The first-order valence-corrected chi connectivity index (χ1v) is 6.74. The van der Waals surface area contributed by atoms with Crippen molar-refractivity contribution in [3.8, 4) is 0 Å². The monoisotopic (exact) mass is 271 g/mol. The molecule has 2 atom stereocenters. The number of ether oxygens (including phenoxy) is 1. The second kappa shape index (κ2) is 5.18. The van der Waals surface area contributed by atoms with E-state index in [4.69, 9.17) is 8.92 Å². The van der Waals surface area contributed by atoms with Gasteiger partial charge in [0.25, 0.3) is 10.1 Å². The van der Waals surface area contributed by atoms with Gasteiger partial charge in [0.2, 0.25) is 0 Å². The molecule has 2 unspecified atom stereocenters. The zero-order valence-electron chi connectivity index (χ0n) is 9.27. The molecule has 0 amide bonds. The predicted molar refractivity (Wildman–Crippen MR) is 62.3 cm³/mol. The molecular formula is C9H18ClNO4S. The van der Waals surface area contributed by atoms with Crippen LogP contribution in [0.15, 0.2) is 0 Å². The molecule has 2 fully saturated rings. The van der Waals surface area contributed by atoms with Crippen molar-refractivity contribution in [3.05, 3.63) is 0 Å². The quantitative estimate of drug-likeness (QED) is 0.741. The minimum absolute atomic E-state index is 0. The molecule has 7 heteroatoms. The molecule has 0 aromatic carbocycles. The van der Waals surface area contributed by atoms with Gasteiger partial charge in [0.1, 0.15) is 5.25 Å². The van der Waals surface area contributed by atoms with Gasteiger partial charge in [-0.3, -0.25) is 4.18 Å². The van der Waals surface area contributed by atoms with Crippen molar-refractivity contribution >= 4 is 22.5 Å². The lowest BCUT2D eigenvalue weighted by Gasteiger charge is -2.27. The maximum Gasteiger partial charge on any atom is 0.272 e. The average molecular weight is 272 g/mol. The summed E-state index contributed by atoms with van der Waals surface area (Å²) in [4.78, 5) is 0. The third-order valence-corrected chi connectivity index (χ3v) is 5.18. The van der Waals surface area contributed by atoms with Crippen LogP contribution in [0.25, 0.3) is 0 Å². The molecule has 2 aliphatic rings. The van der Waals surface area contributed by atoms with Gasteiger partial charge in [-0.1, -0.05) is 0 Å². The van der Waals surface area contributed by atoms with Gasteiger partial charge in [0.15, 0.2) is 0 Å². The van der Waals surface area contributed by atoms with Gasteiger partial charge in [0, 0.05) is 25.1 Å². The van der Waals surface area contributed by atoms with Crippen molar-refractivity contribution in [1.82, 2.24) is 5.32 Å². The second-order valence-corrected chi connectivity index (χ2v) is 5.97. The van der Waals surface area contributed by atoms with Crippen molar-refractivity contribution in [2.24, 2.45) is 5.41 Å². The van der Waals surface area contributed by atoms with E-state index in [2.05, 4.69) is 5.32 Å². The van der Waals surface area contributed by atoms with Crippen molar-refractivity contribution < 1.29 is 17.3 Å². The molecule has 2 heterocycles. The zero-order valence-corrected chi connectivity index (χ0v) is 10.9. The summed E-state index contributed by atoms with van der Waals surface area (Å²) in [6.07, 6.45) is 0.803. The minimum Gasteiger partial charge on any atom is -0.381 e. The summed E-state index contributed by atoms with van der Waals surface area (Å²) in [5.74, 6) is 0. The molecule has 1 spiro atoms. The second-order valence-electron chi connectivity index (χ2n) is 4.18. The summed E-state index contributed by atoms with van der Waals surface area (Å²) < 4.78 is 34.0. The fourth-order valence-electron chi connectivity index (χ4n) is 2.45. The van der Waals surface area contributed by atoms with E-state index in [-0.39, 0.29) is 24.4 Å². The van der Waals surface area contributed by atoms with Crippen LogP contribution in [-0.2, 0) is 19.0 Å². The largest absolute Gasteiger partial charge is 0.381 e. The van der Waals surface area contributed by atoms with Crippen molar-refractivity contribution in [2.45, 2.75) is 18.6 Å². The van der Waals surface area contributed by atoms with Gasteiger partial charge in [0.05, 0.1) is 13.2 Å². The van der Waals surface area contributed by atoms with Crippen LogP contribution < -0.4 is 5.32 Å². The van der Waals surface area contributed by atoms with E-state index in [1.54, 1.807) is 6.92 Å². The Labute approximate surface area is 102 Å². The number of rotatable bonds is 3. The Hall–Kier alpha value is 0.120. The van der Waals surface area contributed by atoms with E-state index in [1.807, 2.05) is 0 Å². The van der Waals surface area contributed by atoms with E-state index < -0.39 is 15.4 Å². The molecule has 0 saturated carbocycles. The fourth-order valence-corrected chi connectivity index (χ4v) is 4.15. The van der Waals surface area contributed by atoms with Crippen LogP contribution >= 0.6 is 12.4 Å². The van der Waals surface area contributed by atoms with Gasteiger partial charge in [-0.2, -0.15) is 8.42 Å². The van der Waals surface area contributed by atoms with Crippen molar-refractivity contribution in [3.63, 3.8) is 0 Å². The highest BCUT2D eigenvalue weighted by molar-refractivity contribution is 7.87. The molecule has 0 aromatic rings. The van der Waals surface area contributed by atoms with E-state index in [1.165, 1.54) is 0 Å². The lowest BCUT2D eigenvalue weighted by atomic mass is 9.86. The first kappa shape index (κ1) is 14.2. The first-order valence-electron chi connectivity index (χ1n) is 5.27. The Morgan fingerprint density at radius 1 is 1.56 bits per heavy atom.